The Hall–Kier alpha value is -0.940. The molecule has 2 N–H and O–H groups in total. The van der Waals surface area contributed by atoms with Gasteiger partial charge in [-0.05, 0) is 19.2 Å². The van der Waals surface area contributed by atoms with Crippen LogP contribution in [0.2, 0.25) is 0 Å². The van der Waals surface area contributed by atoms with Crippen LogP contribution in [-0.4, -0.2) is 57.0 Å². The van der Waals surface area contributed by atoms with Crippen molar-refractivity contribution in [2.45, 2.75) is 12.5 Å². The van der Waals surface area contributed by atoms with Gasteiger partial charge in [0.15, 0.2) is 0 Å². The summed E-state index contributed by atoms with van der Waals surface area (Å²) in [6.07, 6.45) is 0. The van der Waals surface area contributed by atoms with Gasteiger partial charge >= 0.3 is 0 Å². The molecule has 1 rings (SSSR count). The van der Waals surface area contributed by atoms with Crippen LogP contribution in [0.25, 0.3) is 0 Å². The summed E-state index contributed by atoms with van der Waals surface area (Å²) >= 11 is 0. The topological polar surface area (TPSA) is 44.7 Å². The Morgan fingerprint density at radius 1 is 1.32 bits per heavy atom. The van der Waals surface area contributed by atoms with Gasteiger partial charge in [-0.1, -0.05) is 37.3 Å². The lowest BCUT2D eigenvalue weighted by Crippen LogP contribution is -2.52. The van der Waals surface area contributed by atoms with E-state index in [1.807, 2.05) is 25.2 Å². The second-order valence-corrected chi connectivity index (χ2v) is 4.72. The Morgan fingerprint density at radius 2 is 2.00 bits per heavy atom. The molecule has 0 aliphatic heterocycles. The molecule has 1 unspecified atom stereocenters. The highest BCUT2D eigenvalue weighted by Gasteiger charge is 2.31. The number of hydrogen-bond acceptors (Lipinski definition) is 4. The highest BCUT2D eigenvalue weighted by atomic mass is 16.5. The first-order chi connectivity index (χ1) is 9.22. The first kappa shape index (κ1) is 16.1. The Balaban J connectivity index is 2.87. The van der Waals surface area contributed by atoms with E-state index in [0.29, 0.717) is 6.61 Å². The zero-order valence-corrected chi connectivity index (χ0v) is 12.2. The summed E-state index contributed by atoms with van der Waals surface area (Å²) in [6, 6.07) is 10.1. The highest BCUT2D eigenvalue weighted by Crippen LogP contribution is 2.21. The summed E-state index contributed by atoms with van der Waals surface area (Å²) in [5.41, 5.74) is 0.682. The summed E-state index contributed by atoms with van der Waals surface area (Å²) in [4.78, 5) is 2.28. The fourth-order valence-corrected chi connectivity index (χ4v) is 2.24. The van der Waals surface area contributed by atoms with Gasteiger partial charge < -0.3 is 15.2 Å². The Kier molecular flexibility index (Phi) is 7.02. The van der Waals surface area contributed by atoms with Crippen molar-refractivity contribution in [2.75, 3.05) is 47.0 Å². The quantitative estimate of drug-likeness (QED) is 0.701. The molecule has 4 heteroatoms. The van der Waals surface area contributed by atoms with Gasteiger partial charge in [0.05, 0.1) is 18.8 Å². The molecule has 0 aliphatic rings. The second-order valence-electron chi connectivity index (χ2n) is 4.72. The standard InChI is InChI=1S/C15H26N2O2/c1-4-17(10-11-19-3)12-15(13-18,16-2)14-8-6-5-7-9-14/h5-9,16,18H,4,10-13H2,1-3H3. The van der Waals surface area contributed by atoms with Gasteiger partial charge in [-0.25, -0.2) is 0 Å². The molecule has 0 amide bonds. The zero-order chi connectivity index (χ0) is 14.1. The Bertz CT molecular complexity index is 339. The summed E-state index contributed by atoms with van der Waals surface area (Å²) in [7, 11) is 3.61. The number of benzene rings is 1. The number of nitrogens with one attached hydrogen (secondary N) is 1. The van der Waals surface area contributed by atoms with E-state index in [-0.39, 0.29) is 6.61 Å². The lowest BCUT2D eigenvalue weighted by atomic mass is 9.90. The van der Waals surface area contributed by atoms with Crippen molar-refractivity contribution in [1.82, 2.24) is 10.2 Å². The normalized spacial score (nSPS) is 14.6. The average Bonchev–Trinajstić information content (AvgIpc) is 2.49. The third-order valence-electron chi connectivity index (χ3n) is 3.63. The average molecular weight is 266 g/mol. The van der Waals surface area contributed by atoms with E-state index in [1.165, 1.54) is 0 Å². The van der Waals surface area contributed by atoms with Crippen molar-refractivity contribution < 1.29 is 9.84 Å². The van der Waals surface area contributed by atoms with Crippen LogP contribution < -0.4 is 5.32 Å². The summed E-state index contributed by atoms with van der Waals surface area (Å²) < 4.78 is 5.14. The maximum atomic E-state index is 9.88. The molecule has 1 aromatic rings. The molecule has 0 aliphatic carbocycles. The molecule has 0 heterocycles. The van der Waals surface area contributed by atoms with Gasteiger partial charge in [0.2, 0.25) is 0 Å². The van der Waals surface area contributed by atoms with Crippen LogP contribution in [0.4, 0.5) is 0 Å². The largest absolute Gasteiger partial charge is 0.394 e. The molecule has 19 heavy (non-hydrogen) atoms. The molecular weight excluding hydrogens is 240 g/mol. The van der Waals surface area contributed by atoms with Crippen molar-refractivity contribution in [3.8, 4) is 0 Å². The highest BCUT2D eigenvalue weighted by molar-refractivity contribution is 5.25. The first-order valence-corrected chi connectivity index (χ1v) is 6.79. The zero-order valence-electron chi connectivity index (χ0n) is 12.2. The number of likely N-dealkylation sites (N-methyl/N-ethyl adjacent to an activating group) is 2. The monoisotopic (exact) mass is 266 g/mol. The van der Waals surface area contributed by atoms with Crippen LogP contribution >= 0.6 is 0 Å². The molecule has 0 aromatic heterocycles. The fourth-order valence-electron chi connectivity index (χ4n) is 2.24. The lowest BCUT2D eigenvalue weighted by Gasteiger charge is -2.37. The molecule has 0 saturated heterocycles. The maximum absolute atomic E-state index is 9.88. The smallest absolute Gasteiger partial charge is 0.0795 e. The number of methoxy groups -OCH3 is 1. The SMILES string of the molecule is CCN(CCOC)CC(CO)(NC)c1ccccc1. The molecule has 4 nitrogen and oxygen atoms in total. The molecule has 0 fully saturated rings. The van der Waals surface area contributed by atoms with Gasteiger partial charge in [-0.3, -0.25) is 4.90 Å². The van der Waals surface area contributed by atoms with Gasteiger partial charge in [0.1, 0.15) is 0 Å². The first-order valence-electron chi connectivity index (χ1n) is 6.79. The third kappa shape index (κ3) is 4.28. The number of ether oxygens (including phenoxy) is 1. The van der Waals surface area contributed by atoms with Gasteiger partial charge in [-0.15, -0.1) is 0 Å². The van der Waals surface area contributed by atoms with E-state index in [9.17, 15) is 5.11 Å². The van der Waals surface area contributed by atoms with Gasteiger partial charge in [-0.2, -0.15) is 0 Å². The molecule has 0 bridgehead atoms. The lowest BCUT2D eigenvalue weighted by molar-refractivity contribution is 0.0923. The number of hydrogen-bond donors (Lipinski definition) is 2. The van der Waals surface area contributed by atoms with E-state index in [1.54, 1.807) is 7.11 Å². The van der Waals surface area contributed by atoms with E-state index in [4.69, 9.17) is 4.74 Å². The molecule has 0 radical (unpaired) electrons. The van der Waals surface area contributed by atoms with Gasteiger partial charge in [0, 0.05) is 20.2 Å². The molecule has 1 atom stereocenters. The van der Waals surface area contributed by atoms with Crippen LogP contribution in [0.5, 0.6) is 0 Å². The Labute approximate surface area is 116 Å². The minimum absolute atomic E-state index is 0.0665. The summed E-state index contributed by atoms with van der Waals surface area (Å²) in [6.45, 7) is 5.44. The van der Waals surface area contributed by atoms with Crippen molar-refractivity contribution in [3.05, 3.63) is 35.9 Å². The molecule has 0 saturated carbocycles. The number of nitrogens with zero attached hydrogens (tertiary/aromatic N) is 1. The van der Waals surface area contributed by atoms with Crippen LogP contribution in [-0.2, 0) is 10.3 Å². The van der Waals surface area contributed by atoms with Crippen molar-refractivity contribution >= 4 is 0 Å². The van der Waals surface area contributed by atoms with E-state index in [2.05, 4.69) is 29.3 Å². The predicted octanol–water partition coefficient (Wildman–Crippen LogP) is 1.06. The summed E-state index contributed by atoms with van der Waals surface area (Å²) in [5, 5.41) is 13.2. The minimum Gasteiger partial charge on any atom is -0.394 e. The molecule has 108 valence electrons. The van der Waals surface area contributed by atoms with E-state index >= 15 is 0 Å². The van der Waals surface area contributed by atoms with Crippen molar-refractivity contribution in [1.29, 1.82) is 0 Å². The van der Waals surface area contributed by atoms with Crippen LogP contribution in [0.1, 0.15) is 12.5 Å². The van der Waals surface area contributed by atoms with E-state index < -0.39 is 5.54 Å². The van der Waals surface area contributed by atoms with E-state index in [0.717, 1.165) is 25.2 Å². The molecule has 0 spiro atoms. The van der Waals surface area contributed by atoms with Gasteiger partial charge in [0.25, 0.3) is 0 Å². The van der Waals surface area contributed by atoms with Crippen LogP contribution in [0, 0.1) is 0 Å². The Morgan fingerprint density at radius 3 is 2.47 bits per heavy atom. The number of aliphatic hydroxyl groups is 1. The van der Waals surface area contributed by atoms with Crippen LogP contribution in [0.3, 0.4) is 0 Å². The predicted molar refractivity (Wildman–Crippen MR) is 78.3 cm³/mol. The van der Waals surface area contributed by atoms with Crippen molar-refractivity contribution in [2.24, 2.45) is 0 Å². The molecular formula is C15H26N2O2. The number of aliphatic hydroxyl groups excluding tert-OH is 1. The van der Waals surface area contributed by atoms with Crippen LogP contribution in [0.15, 0.2) is 30.3 Å². The second kappa shape index (κ2) is 8.27. The number of rotatable bonds is 9. The maximum Gasteiger partial charge on any atom is 0.0795 e. The third-order valence-corrected chi connectivity index (χ3v) is 3.63. The van der Waals surface area contributed by atoms with Crippen molar-refractivity contribution in [3.63, 3.8) is 0 Å². The summed E-state index contributed by atoms with van der Waals surface area (Å²) in [5.74, 6) is 0. The minimum atomic E-state index is -0.426. The molecule has 1 aromatic carbocycles. The fraction of sp³-hybridized carbons (Fsp3) is 0.600.